The van der Waals surface area contributed by atoms with Gasteiger partial charge in [-0.15, -0.1) is 0 Å². The molecule has 2 nitrogen and oxygen atoms in total. The first kappa shape index (κ1) is 12.3. The lowest BCUT2D eigenvalue weighted by Crippen LogP contribution is -2.41. The number of rotatable bonds is 3. The van der Waals surface area contributed by atoms with Gasteiger partial charge in [-0.05, 0) is 38.4 Å². The molecule has 0 aromatic heterocycles. The van der Waals surface area contributed by atoms with E-state index in [1.54, 1.807) is 0 Å². The molecule has 1 saturated heterocycles. The van der Waals surface area contributed by atoms with Crippen LogP contribution in [0.4, 0.5) is 0 Å². The molecule has 0 aliphatic carbocycles. The SMILES string of the molecule is CCN1CCC(Cc2cccc(C)c2)C(=O)C1. The zero-order chi connectivity index (χ0) is 12.3. The van der Waals surface area contributed by atoms with Crippen LogP contribution in [0.1, 0.15) is 24.5 Å². The van der Waals surface area contributed by atoms with Crippen molar-refractivity contribution in [3.05, 3.63) is 35.4 Å². The molecule has 2 rings (SSSR count). The van der Waals surface area contributed by atoms with Crippen molar-refractivity contribution in [3.63, 3.8) is 0 Å². The van der Waals surface area contributed by atoms with Crippen molar-refractivity contribution in [3.8, 4) is 0 Å². The van der Waals surface area contributed by atoms with Crippen LogP contribution in [0.3, 0.4) is 0 Å². The summed E-state index contributed by atoms with van der Waals surface area (Å²) in [6.45, 7) is 6.92. The summed E-state index contributed by atoms with van der Waals surface area (Å²) in [5.41, 5.74) is 2.58. The minimum atomic E-state index is 0.236. The van der Waals surface area contributed by atoms with Gasteiger partial charge >= 0.3 is 0 Å². The fourth-order valence-electron chi connectivity index (χ4n) is 2.54. The lowest BCUT2D eigenvalue weighted by atomic mass is 9.89. The molecular weight excluding hydrogens is 210 g/mol. The Balaban J connectivity index is 1.98. The Morgan fingerprint density at radius 3 is 2.88 bits per heavy atom. The van der Waals surface area contributed by atoms with Crippen LogP contribution in [0, 0.1) is 12.8 Å². The van der Waals surface area contributed by atoms with Gasteiger partial charge < -0.3 is 0 Å². The number of benzene rings is 1. The van der Waals surface area contributed by atoms with Crippen molar-refractivity contribution in [2.75, 3.05) is 19.6 Å². The summed E-state index contributed by atoms with van der Waals surface area (Å²) in [5.74, 6) is 0.652. The molecule has 0 radical (unpaired) electrons. The molecule has 1 fully saturated rings. The van der Waals surface area contributed by atoms with Crippen molar-refractivity contribution < 1.29 is 4.79 Å². The minimum absolute atomic E-state index is 0.236. The Morgan fingerprint density at radius 2 is 2.24 bits per heavy atom. The Bertz CT molecular complexity index is 400. The number of piperidine rings is 1. The van der Waals surface area contributed by atoms with Gasteiger partial charge in [0.25, 0.3) is 0 Å². The first-order valence-corrected chi connectivity index (χ1v) is 6.49. The first-order valence-electron chi connectivity index (χ1n) is 6.49. The fraction of sp³-hybridized carbons (Fsp3) is 0.533. The third-order valence-corrected chi connectivity index (χ3v) is 3.64. The summed E-state index contributed by atoms with van der Waals surface area (Å²) in [7, 11) is 0. The monoisotopic (exact) mass is 231 g/mol. The number of ketones is 1. The average molecular weight is 231 g/mol. The number of nitrogens with zero attached hydrogens (tertiary/aromatic N) is 1. The number of Topliss-reactive ketones (excluding diaryl/α,β-unsaturated/α-hetero) is 1. The largest absolute Gasteiger partial charge is 0.298 e. The van der Waals surface area contributed by atoms with E-state index < -0.39 is 0 Å². The van der Waals surface area contributed by atoms with Gasteiger partial charge in [0.15, 0.2) is 0 Å². The van der Waals surface area contributed by atoms with Crippen molar-refractivity contribution in [1.29, 1.82) is 0 Å². The Morgan fingerprint density at radius 1 is 1.41 bits per heavy atom. The normalized spacial score (nSPS) is 21.8. The first-order chi connectivity index (χ1) is 8.19. The lowest BCUT2D eigenvalue weighted by Gasteiger charge is -2.29. The van der Waals surface area contributed by atoms with E-state index in [-0.39, 0.29) is 5.92 Å². The second-order valence-electron chi connectivity index (χ2n) is 5.01. The van der Waals surface area contributed by atoms with Crippen LogP contribution in [-0.4, -0.2) is 30.3 Å². The van der Waals surface area contributed by atoms with Crippen LogP contribution in [0.5, 0.6) is 0 Å². The summed E-state index contributed by atoms with van der Waals surface area (Å²) in [4.78, 5) is 14.2. The Labute approximate surface area is 104 Å². The van der Waals surface area contributed by atoms with Gasteiger partial charge in [-0.25, -0.2) is 0 Å². The van der Waals surface area contributed by atoms with Crippen LogP contribution in [0.2, 0.25) is 0 Å². The van der Waals surface area contributed by atoms with E-state index >= 15 is 0 Å². The number of likely N-dealkylation sites (tertiary alicyclic amines) is 1. The molecule has 0 bridgehead atoms. The Hall–Kier alpha value is -1.15. The van der Waals surface area contributed by atoms with Crippen molar-refractivity contribution >= 4 is 5.78 Å². The molecular formula is C15H21NO. The molecule has 0 spiro atoms. The maximum absolute atomic E-state index is 12.0. The minimum Gasteiger partial charge on any atom is -0.298 e. The second-order valence-corrected chi connectivity index (χ2v) is 5.01. The molecule has 0 N–H and O–H groups in total. The van der Waals surface area contributed by atoms with Crippen LogP contribution in [-0.2, 0) is 11.2 Å². The summed E-state index contributed by atoms with van der Waals surface area (Å²) in [6, 6.07) is 8.51. The molecule has 1 atom stereocenters. The van der Waals surface area contributed by atoms with E-state index in [1.165, 1.54) is 11.1 Å². The van der Waals surface area contributed by atoms with E-state index in [0.29, 0.717) is 12.3 Å². The fourth-order valence-corrected chi connectivity index (χ4v) is 2.54. The highest BCUT2D eigenvalue weighted by Gasteiger charge is 2.26. The van der Waals surface area contributed by atoms with Crippen LogP contribution >= 0.6 is 0 Å². The topological polar surface area (TPSA) is 20.3 Å². The molecule has 1 heterocycles. The summed E-state index contributed by atoms with van der Waals surface area (Å²) < 4.78 is 0. The zero-order valence-corrected chi connectivity index (χ0v) is 10.8. The molecule has 1 aliphatic rings. The molecule has 0 saturated carbocycles. The van der Waals surface area contributed by atoms with Crippen LogP contribution in [0.25, 0.3) is 0 Å². The lowest BCUT2D eigenvalue weighted by molar-refractivity contribution is -0.126. The number of aryl methyl sites for hydroxylation is 1. The maximum atomic E-state index is 12.0. The van der Waals surface area contributed by atoms with Crippen LogP contribution in [0.15, 0.2) is 24.3 Å². The molecule has 2 heteroatoms. The smallest absolute Gasteiger partial charge is 0.150 e. The van der Waals surface area contributed by atoms with Gasteiger partial charge in [0.1, 0.15) is 5.78 Å². The number of hydrogen-bond donors (Lipinski definition) is 0. The third kappa shape index (κ3) is 3.16. The third-order valence-electron chi connectivity index (χ3n) is 3.64. The van der Waals surface area contributed by atoms with E-state index in [9.17, 15) is 4.79 Å². The highest BCUT2D eigenvalue weighted by Crippen LogP contribution is 2.19. The van der Waals surface area contributed by atoms with Crippen molar-refractivity contribution in [2.24, 2.45) is 5.92 Å². The predicted octanol–water partition coefficient (Wildman–Crippen LogP) is 2.45. The Kier molecular flexibility index (Phi) is 3.95. The highest BCUT2D eigenvalue weighted by molar-refractivity contribution is 5.83. The number of likely N-dealkylation sites (N-methyl/N-ethyl adjacent to an activating group) is 1. The summed E-state index contributed by atoms with van der Waals surface area (Å²) in [6.07, 6.45) is 1.93. The van der Waals surface area contributed by atoms with Gasteiger partial charge in [0.2, 0.25) is 0 Å². The predicted molar refractivity (Wildman–Crippen MR) is 70.1 cm³/mol. The molecule has 1 aromatic carbocycles. The number of carbonyl (C=O) groups is 1. The quantitative estimate of drug-likeness (QED) is 0.796. The van der Waals surface area contributed by atoms with Gasteiger partial charge in [-0.2, -0.15) is 0 Å². The molecule has 1 aromatic rings. The molecule has 0 amide bonds. The standard InChI is InChI=1S/C15H21NO/c1-3-16-8-7-14(15(17)11-16)10-13-6-4-5-12(2)9-13/h4-6,9,14H,3,7-8,10-11H2,1-2H3. The summed E-state index contributed by atoms with van der Waals surface area (Å²) in [5, 5.41) is 0. The van der Waals surface area contributed by atoms with Gasteiger partial charge in [-0.3, -0.25) is 9.69 Å². The second kappa shape index (κ2) is 5.46. The van der Waals surface area contributed by atoms with Crippen molar-refractivity contribution in [2.45, 2.75) is 26.7 Å². The average Bonchev–Trinajstić information content (AvgIpc) is 2.32. The van der Waals surface area contributed by atoms with Gasteiger partial charge in [-0.1, -0.05) is 36.8 Å². The van der Waals surface area contributed by atoms with Gasteiger partial charge in [0.05, 0.1) is 6.54 Å². The maximum Gasteiger partial charge on any atom is 0.150 e. The van der Waals surface area contributed by atoms with Gasteiger partial charge in [0, 0.05) is 5.92 Å². The highest BCUT2D eigenvalue weighted by atomic mass is 16.1. The van der Waals surface area contributed by atoms with E-state index in [4.69, 9.17) is 0 Å². The molecule has 92 valence electrons. The zero-order valence-electron chi connectivity index (χ0n) is 10.8. The van der Waals surface area contributed by atoms with Crippen molar-refractivity contribution in [1.82, 2.24) is 4.90 Å². The molecule has 1 aliphatic heterocycles. The van der Waals surface area contributed by atoms with E-state index in [0.717, 1.165) is 25.9 Å². The number of carbonyl (C=O) groups excluding carboxylic acids is 1. The number of hydrogen-bond acceptors (Lipinski definition) is 2. The summed E-state index contributed by atoms with van der Waals surface area (Å²) >= 11 is 0. The van der Waals surface area contributed by atoms with E-state index in [1.807, 2.05) is 0 Å². The molecule has 17 heavy (non-hydrogen) atoms. The molecule has 1 unspecified atom stereocenters. The van der Waals surface area contributed by atoms with E-state index in [2.05, 4.69) is 43.0 Å². The van der Waals surface area contributed by atoms with Crippen LogP contribution < -0.4 is 0 Å².